The van der Waals surface area contributed by atoms with Crippen molar-refractivity contribution in [3.8, 4) is 0 Å². The number of carbonyl (C=O) groups excluding carboxylic acids is 1. The summed E-state index contributed by atoms with van der Waals surface area (Å²) in [6.07, 6.45) is 8.14. The summed E-state index contributed by atoms with van der Waals surface area (Å²) in [4.78, 5) is 14.8. The van der Waals surface area contributed by atoms with E-state index in [1.165, 1.54) is 19.3 Å². The molecule has 4 heteroatoms. The highest BCUT2D eigenvalue weighted by Gasteiger charge is 2.41. The van der Waals surface area contributed by atoms with E-state index in [9.17, 15) is 4.79 Å². The Kier molecular flexibility index (Phi) is 4.32. The first-order valence-electron chi connectivity index (χ1n) is 8.26. The second-order valence-corrected chi connectivity index (χ2v) is 6.96. The van der Waals surface area contributed by atoms with E-state index in [-0.39, 0.29) is 5.92 Å². The van der Waals surface area contributed by atoms with E-state index >= 15 is 0 Å². The second-order valence-electron chi connectivity index (χ2n) is 6.96. The zero-order valence-electron chi connectivity index (χ0n) is 12.6. The van der Waals surface area contributed by atoms with E-state index in [1.807, 2.05) is 0 Å². The molecule has 3 aliphatic rings. The van der Waals surface area contributed by atoms with Gasteiger partial charge in [-0.15, -0.1) is 0 Å². The van der Waals surface area contributed by atoms with E-state index in [0.717, 1.165) is 38.8 Å². The molecule has 2 bridgehead atoms. The van der Waals surface area contributed by atoms with Crippen molar-refractivity contribution in [2.75, 3.05) is 20.2 Å². The maximum absolute atomic E-state index is 12.7. The number of nitrogens with two attached hydrogens (primary N) is 1. The Balaban J connectivity index is 1.58. The van der Waals surface area contributed by atoms with Gasteiger partial charge in [-0.05, 0) is 50.4 Å². The van der Waals surface area contributed by atoms with Crippen LogP contribution < -0.4 is 5.73 Å². The van der Waals surface area contributed by atoms with Crippen molar-refractivity contribution in [2.24, 2.45) is 23.5 Å². The molecule has 20 heavy (non-hydrogen) atoms. The molecular weight excluding hydrogens is 252 g/mol. The van der Waals surface area contributed by atoms with Crippen molar-refractivity contribution in [3.63, 3.8) is 0 Å². The predicted octanol–water partition coefficient (Wildman–Crippen LogP) is 1.78. The number of hydrogen-bond donors (Lipinski definition) is 1. The molecule has 2 atom stereocenters. The monoisotopic (exact) mass is 280 g/mol. The molecule has 2 aliphatic carbocycles. The van der Waals surface area contributed by atoms with Crippen LogP contribution in [0.1, 0.15) is 44.9 Å². The van der Waals surface area contributed by atoms with Crippen molar-refractivity contribution in [1.29, 1.82) is 0 Å². The van der Waals surface area contributed by atoms with Crippen molar-refractivity contribution in [2.45, 2.75) is 57.1 Å². The molecular formula is C16H28N2O2. The van der Waals surface area contributed by atoms with Gasteiger partial charge >= 0.3 is 0 Å². The van der Waals surface area contributed by atoms with E-state index < -0.39 is 0 Å². The molecule has 114 valence electrons. The van der Waals surface area contributed by atoms with E-state index in [4.69, 9.17) is 10.5 Å². The van der Waals surface area contributed by atoms with E-state index in [0.29, 0.717) is 29.9 Å². The number of rotatable bonds is 2. The van der Waals surface area contributed by atoms with Crippen molar-refractivity contribution >= 4 is 5.91 Å². The van der Waals surface area contributed by atoms with Crippen LogP contribution in [0.5, 0.6) is 0 Å². The molecule has 3 fully saturated rings. The van der Waals surface area contributed by atoms with Gasteiger partial charge < -0.3 is 15.4 Å². The van der Waals surface area contributed by atoms with Gasteiger partial charge in [-0.2, -0.15) is 0 Å². The lowest BCUT2D eigenvalue weighted by Crippen LogP contribution is -2.51. The average Bonchev–Trinajstić information content (AvgIpc) is 2.46. The summed E-state index contributed by atoms with van der Waals surface area (Å²) in [7, 11) is 1.77. The van der Waals surface area contributed by atoms with Gasteiger partial charge in [0.25, 0.3) is 0 Å². The predicted molar refractivity (Wildman–Crippen MR) is 78.1 cm³/mol. The van der Waals surface area contributed by atoms with Gasteiger partial charge in [-0.3, -0.25) is 4.79 Å². The third-order valence-corrected chi connectivity index (χ3v) is 5.85. The normalized spacial score (nSPS) is 38.8. The lowest BCUT2D eigenvalue weighted by atomic mass is 9.65. The van der Waals surface area contributed by atoms with Crippen LogP contribution in [0.4, 0.5) is 0 Å². The molecule has 0 spiro atoms. The number of amides is 1. The standard InChI is InChI=1S/C16H28N2O2/c1-20-14-5-7-18(8-6-14)16(19)13-9-11-3-2-4-12(10-13)15(11)17/h11-15H,2-10,17H2,1H3. The van der Waals surface area contributed by atoms with Crippen LogP contribution in [-0.2, 0) is 9.53 Å². The summed E-state index contributed by atoms with van der Waals surface area (Å²) in [5.74, 6) is 1.81. The number of ether oxygens (including phenoxy) is 1. The van der Waals surface area contributed by atoms with Gasteiger partial charge in [0.1, 0.15) is 0 Å². The Morgan fingerprint density at radius 2 is 1.70 bits per heavy atom. The molecule has 0 aromatic heterocycles. The Hall–Kier alpha value is -0.610. The van der Waals surface area contributed by atoms with E-state index in [2.05, 4.69) is 4.90 Å². The van der Waals surface area contributed by atoms with Crippen LogP contribution in [0.3, 0.4) is 0 Å². The fraction of sp³-hybridized carbons (Fsp3) is 0.938. The van der Waals surface area contributed by atoms with Gasteiger partial charge in [-0.1, -0.05) is 6.42 Å². The van der Waals surface area contributed by atoms with Crippen molar-refractivity contribution in [1.82, 2.24) is 4.90 Å². The molecule has 4 nitrogen and oxygen atoms in total. The molecule has 0 radical (unpaired) electrons. The number of piperidine rings is 1. The smallest absolute Gasteiger partial charge is 0.225 e. The van der Waals surface area contributed by atoms with Crippen LogP contribution in [-0.4, -0.2) is 43.2 Å². The highest BCUT2D eigenvalue weighted by atomic mass is 16.5. The third-order valence-electron chi connectivity index (χ3n) is 5.85. The zero-order chi connectivity index (χ0) is 14.1. The minimum absolute atomic E-state index is 0.240. The van der Waals surface area contributed by atoms with Crippen molar-refractivity contribution < 1.29 is 9.53 Å². The average molecular weight is 280 g/mol. The van der Waals surface area contributed by atoms with E-state index in [1.54, 1.807) is 7.11 Å². The summed E-state index contributed by atoms with van der Waals surface area (Å²) in [6, 6.07) is 0.354. The Bertz CT molecular complexity index is 338. The SMILES string of the molecule is COC1CCN(C(=O)C2CC3CCCC(C2)C3N)CC1. The lowest BCUT2D eigenvalue weighted by molar-refractivity contribution is -0.141. The first-order valence-corrected chi connectivity index (χ1v) is 8.26. The Labute approximate surface area is 122 Å². The van der Waals surface area contributed by atoms with Gasteiger partial charge in [-0.25, -0.2) is 0 Å². The van der Waals surface area contributed by atoms with Crippen LogP contribution in [0.2, 0.25) is 0 Å². The number of likely N-dealkylation sites (tertiary alicyclic amines) is 1. The Morgan fingerprint density at radius 1 is 1.10 bits per heavy atom. The highest BCUT2D eigenvalue weighted by molar-refractivity contribution is 5.79. The van der Waals surface area contributed by atoms with Crippen LogP contribution in [0.25, 0.3) is 0 Å². The summed E-state index contributed by atoms with van der Waals surface area (Å²) in [5.41, 5.74) is 6.32. The van der Waals surface area contributed by atoms with Crippen molar-refractivity contribution in [3.05, 3.63) is 0 Å². The van der Waals surface area contributed by atoms with Crippen LogP contribution in [0.15, 0.2) is 0 Å². The maximum Gasteiger partial charge on any atom is 0.225 e. The molecule has 1 saturated heterocycles. The molecule has 3 rings (SSSR count). The minimum atomic E-state index is 0.240. The number of hydrogen-bond acceptors (Lipinski definition) is 3. The van der Waals surface area contributed by atoms with Gasteiger partial charge in [0.15, 0.2) is 0 Å². The molecule has 0 aromatic rings. The van der Waals surface area contributed by atoms with Gasteiger partial charge in [0.2, 0.25) is 5.91 Å². The minimum Gasteiger partial charge on any atom is -0.381 e. The topological polar surface area (TPSA) is 55.6 Å². The Morgan fingerprint density at radius 3 is 2.25 bits per heavy atom. The first-order chi connectivity index (χ1) is 9.69. The molecule has 1 heterocycles. The third kappa shape index (κ3) is 2.73. The molecule has 1 aliphatic heterocycles. The number of nitrogens with zero attached hydrogens (tertiary/aromatic N) is 1. The molecule has 2 saturated carbocycles. The van der Waals surface area contributed by atoms with Crippen LogP contribution >= 0.6 is 0 Å². The van der Waals surface area contributed by atoms with Crippen LogP contribution in [0, 0.1) is 17.8 Å². The molecule has 2 N–H and O–H groups in total. The molecule has 1 amide bonds. The fourth-order valence-corrected chi connectivity index (χ4v) is 4.56. The van der Waals surface area contributed by atoms with Gasteiger partial charge in [0, 0.05) is 32.2 Å². The fourth-order valence-electron chi connectivity index (χ4n) is 4.56. The lowest BCUT2D eigenvalue weighted by Gasteiger charge is -2.45. The summed E-state index contributed by atoms with van der Waals surface area (Å²) >= 11 is 0. The quantitative estimate of drug-likeness (QED) is 0.839. The molecule has 0 aromatic carbocycles. The number of fused-ring (bicyclic) bond motifs is 2. The maximum atomic E-state index is 12.7. The summed E-state index contributed by atoms with van der Waals surface area (Å²) < 4.78 is 5.38. The number of methoxy groups -OCH3 is 1. The summed E-state index contributed by atoms with van der Waals surface area (Å²) in [6.45, 7) is 1.74. The largest absolute Gasteiger partial charge is 0.381 e. The molecule has 2 unspecified atom stereocenters. The summed E-state index contributed by atoms with van der Waals surface area (Å²) in [5, 5.41) is 0. The van der Waals surface area contributed by atoms with Gasteiger partial charge in [0.05, 0.1) is 6.10 Å². The number of carbonyl (C=O) groups is 1. The zero-order valence-corrected chi connectivity index (χ0v) is 12.6. The second kappa shape index (κ2) is 6.02. The first kappa shape index (κ1) is 14.3. The highest BCUT2D eigenvalue weighted by Crippen LogP contribution is 2.42.